The maximum Gasteiger partial charge on any atom is 0.265 e. The number of fused-ring (bicyclic) bond motifs is 1. The van der Waals surface area contributed by atoms with E-state index in [1.165, 1.54) is 18.4 Å². The summed E-state index contributed by atoms with van der Waals surface area (Å²) in [5.41, 5.74) is 2.84. The molecule has 2 amide bonds. The Balaban J connectivity index is 1.68. The van der Waals surface area contributed by atoms with Gasteiger partial charge in [-0.2, -0.15) is 0 Å². The number of rotatable bonds is 7. The summed E-state index contributed by atoms with van der Waals surface area (Å²) in [6.45, 7) is 7.77. The van der Waals surface area contributed by atoms with Crippen molar-refractivity contribution in [3.05, 3.63) is 76.4 Å². The SMILES string of the molecule is COc1c(NC(=O)c2cc3cccc(NC(=O)c4ccnc(C)c4)c3s2)cc(C(C)(C)C)cc1NS(C)(=O)=O. The molecule has 11 heteroatoms. The van der Waals surface area contributed by atoms with Crippen LogP contribution in [0.25, 0.3) is 10.1 Å². The summed E-state index contributed by atoms with van der Waals surface area (Å²) < 4.78 is 32.8. The average molecular weight is 567 g/mol. The number of sulfonamides is 1. The number of hydrogen-bond acceptors (Lipinski definition) is 7. The molecule has 0 spiro atoms. The Hall–Kier alpha value is -3.96. The first-order valence-corrected chi connectivity index (χ1v) is 14.7. The maximum atomic E-state index is 13.4. The summed E-state index contributed by atoms with van der Waals surface area (Å²) in [6.07, 6.45) is 2.63. The quantitative estimate of drug-likeness (QED) is 0.260. The number of nitrogens with one attached hydrogen (secondary N) is 3. The average Bonchev–Trinajstić information content (AvgIpc) is 3.28. The molecule has 0 radical (unpaired) electrons. The number of pyridine rings is 1. The van der Waals surface area contributed by atoms with Crippen molar-refractivity contribution >= 4 is 60.3 Å². The van der Waals surface area contributed by atoms with Crippen LogP contribution >= 0.6 is 11.3 Å². The van der Waals surface area contributed by atoms with Crippen molar-refractivity contribution in [3.8, 4) is 5.75 Å². The number of carbonyl (C=O) groups is 2. The van der Waals surface area contributed by atoms with Gasteiger partial charge in [0.15, 0.2) is 5.75 Å². The lowest BCUT2D eigenvalue weighted by molar-refractivity contribution is 0.102. The standard InChI is InChI=1S/C28H30N4O5S2/c1-16-12-18(10-11-29-16)26(33)30-20-9-7-8-17-13-23(38-25(17)20)27(34)31-21-14-19(28(2,3)4)15-22(24(21)37-5)32-39(6,35)36/h7-15,32H,1-6H3,(H,30,33)(H,31,34). The van der Waals surface area contributed by atoms with Crippen molar-refractivity contribution in [1.82, 2.24) is 4.98 Å². The van der Waals surface area contributed by atoms with Gasteiger partial charge in [0.2, 0.25) is 10.0 Å². The Morgan fingerprint density at radius 3 is 2.28 bits per heavy atom. The highest BCUT2D eigenvalue weighted by Crippen LogP contribution is 2.40. The second kappa shape index (κ2) is 10.7. The second-order valence-corrected chi connectivity index (χ2v) is 13.0. The van der Waals surface area contributed by atoms with E-state index in [0.717, 1.165) is 27.6 Å². The molecule has 0 saturated heterocycles. The molecule has 0 atom stereocenters. The van der Waals surface area contributed by atoms with Crippen LogP contribution in [0.3, 0.4) is 0 Å². The fourth-order valence-electron chi connectivity index (χ4n) is 3.99. The van der Waals surface area contributed by atoms with E-state index in [1.54, 1.807) is 42.6 Å². The molecule has 0 aliphatic carbocycles. The van der Waals surface area contributed by atoms with Crippen molar-refractivity contribution < 1.29 is 22.7 Å². The van der Waals surface area contributed by atoms with Crippen molar-refractivity contribution in [2.45, 2.75) is 33.1 Å². The predicted molar refractivity (Wildman–Crippen MR) is 157 cm³/mol. The number of anilines is 3. The zero-order valence-corrected chi connectivity index (χ0v) is 24.1. The van der Waals surface area contributed by atoms with Crippen LogP contribution in [0.4, 0.5) is 17.1 Å². The van der Waals surface area contributed by atoms with Crippen molar-refractivity contribution in [1.29, 1.82) is 0 Å². The largest absolute Gasteiger partial charge is 0.492 e. The van der Waals surface area contributed by atoms with Gasteiger partial charge in [-0.25, -0.2) is 8.42 Å². The summed E-state index contributed by atoms with van der Waals surface area (Å²) >= 11 is 1.24. The van der Waals surface area contributed by atoms with E-state index in [4.69, 9.17) is 4.74 Å². The van der Waals surface area contributed by atoms with Crippen LogP contribution in [-0.2, 0) is 15.4 Å². The molecule has 0 aliphatic heterocycles. The van der Waals surface area contributed by atoms with Gasteiger partial charge in [0.05, 0.1) is 40.0 Å². The van der Waals surface area contributed by atoms with E-state index < -0.39 is 15.9 Å². The monoisotopic (exact) mass is 566 g/mol. The summed E-state index contributed by atoms with van der Waals surface area (Å²) in [7, 11) is -2.19. The zero-order valence-electron chi connectivity index (χ0n) is 22.5. The summed E-state index contributed by atoms with van der Waals surface area (Å²) in [6, 6.07) is 14.0. The van der Waals surface area contributed by atoms with Crippen LogP contribution in [-0.4, -0.2) is 38.6 Å². The lowest BCUT2D eigenvalue weighted by Crippen LogP contribution is -2.18. The first-order valence-electron chi connectivity index (χ1n) is 12.0. The number of thiophene rings is 1. The lowest BCUT2D eigenvalue weighted by atomic mass is 9.86. The Kier molecular flexibility index (Phi) is 7.67. The van der Waals surface area contributed by atoms with E-state index in [2.05, 4.69) is 20.3 Å². The van der Waals surface area contributed by atoms with Crippen LogP contribution < -0.4 is 20.1 Å². The minimum Gasteiger partial charge on any atom is -0.492 e. The van der Waals surface area contributed by atoms with Crippen LogP contribution in [0.5, 0.6) is 5.75 Å². The van der Waals surface area contributed by atoms with Gasteiger partial charge in [0.1, 0.15) is 0 Å². The summed E-state index contributed by atoms with van der Waals surface area (Å²) in [4.78, 5) is 30.8. The molecule has 0 unspecified atom stereocenters. The molecule has 0 saturated carbocycles. The fraction of sp³-hybridized carbons (Fsp3) is 0.250. The van der Waals surface area contributed by atoms with Gasteiger partial charge in [-0.1, -0.05) is 32.9 Å². The molecule has 39 heavy (non-hydrogen) atoms. The molecule has 4 aromatic rings. The van der Waals surface area contributed by atoms with Crippen molar-refractivity contribution in [2.24, 2.45) is 0 Å². The molecule has 3 N–H and O–H groups in total. The predicted octanol–water partition coefficient (Wildman–Crippen LogP) is 5.79. The van der Waals surface area contributed by atoms with Gasteiger partial charge in [-0.15, -0.1) is 11.3 Å². The summed E-state index contributed by atoms with van der Waals surface area (Å²) in [5.74, 6) is -0.474. The van der Waals surface area contributed by atoms with Crippen LogP contribution in [0.1, 0.15) is 52.1 Å². The number of ether oxygens (including phenoxy) is 1. The smallest absolute Gasteiger partial charge is 0.265 e. The first kappa shape index (κ1) is 28.1. The second-order valence-electron chi connectivity index (χ2n) is 10.2. The molecular weight excluding hydrogens is 536 g/mol. The van der Waals surface area contributed by atoms with E-state index in [1.807, 2.05) is 39.8 Å². The van der Waals surface area contributed by atoms with E-state index in [-0.39, 0.29) is 22.8 Å². The topological polar surface area (TPSA) is 126 Å². The third-order valence-electron chi connectivity index (χ3n) is 5.88. The van der Waals surface area contributed by atoms with Crippen LogP contribution in [0.2, 0.25) is 0 Å². The number of methoxy groups -OCH3 is 1. The number of nitrogens with zero attached hydrogens (tertiary/aromatic N) is 1. The highest BCUT2D eigenvalue weighted by Gasteiger charge is 2.23. The minimum absolute atomic E-state index is 0.198. The van der Waals surface area contributed by atoms with Gasteiger partial charge < -0.3 is 15.4 Å². The number of hydrogen-bond donors (Lipinski definition) is 3. The number of aryl methyl sites for hydroxylation is 1. The molecule has 4 rings (SSSR count). The van der Waals surface area contributed by atoms with Crippen LogP contribution in [0.15, 0.2) is 54.7 Å². The maximum absolute atomic E-state index is 13.4. The van der Waals surface area contributed by atoms with Gasteiger partial charge in [-0.05, 0) is 59.7 Å². The number of aromatic nitrogens is 1. The van der Waals surface area contributed by atoms with Crippen LogP contribution in [0, 0.1) is 6.92 Å². The Labute approximate surface area is 231 Å². The third kappa shape index (κ3) is 6.55. The first-order chi connectivity index (χ1) is 18.2. The van der Waals surface area contributed by atoms with Crippen molar-refractivity contribution in [3.63, 3.8) is 0 Å². The van der Waals surface area contributed by atoms with Gasteiger partial charge in [-0.3, -0.25) is 19.3 Å². The minimum atomic E-state index is -3.60. The van der Waals surface area contributed by atoms with Gasteiger partial charge in [0.25, 0.3) is 11.8 Å². The third-order valence-corrected chi connectivity index (χ3v) is 7.65. The molecular formula is C28H30N4O5S2. The van der Waals surface area contributed by atoms with Crippen molar-refractivity contribution in [2.75, 3.05) is 28.7 Å². The molecule has 0 fully saturated rings. The number of amides is 2. The Bertz CT molecular complexity index is 1690. The molecule has 2 heterocycles. The van der Waals surface area contributed by atoms with E-state index in [0.29, 0.717) is 21.8 Å². The molecule has 2 aromatic carbocycles. The lowest BCUT2D eigenvalue weighted by Gasteiger charge is -2.23. The molecule has 0 aliphatic rings. The molecule has 9 nitrogen and oxygen atoms in total. The molecule has 2 aromatic heterocycles. The zero-order chi connectivity index (χ0) is 28.5. The number of benzene rings is 2. The van der Waals surface area contributed by atoms with E-state index in [9.17, 15) is 18.0 Å². The van der Waals surface area contributed by atoms with Gasteiger partial charge in [0, 0.05) is 17.5 Å². The summed E-state index contributed by atoms with van der Waals surface area (Å²) in [5, 5.41) is 6.61. The fourth-order valence-corrected chi connectivity index (χ4v) is 5.56. The Morgan fingerprint density at radius 1 is 0.949 bits per heavy atom. The highest BCUT2D eigenvalue weighted by molar-refractivity contribution is 7.92. The van der Waals surface area contributed by atoms with E-state index >= 15 is 0 Å². The Morgan fingerprint density at radius 2 is 1.64 bits per heavy atom. The highest BCUT2D eigenvalue weighted by atomic mass is 32.2. The van der Waals surface area contributed by atoms with Gasteiger partial charge >= 0.3 is 0 Å². The molecule has 204 valence electrons. The number of carbonyl (C=O) groups excluding carboxylic acids is 2. The molecule has 0 bridgehead atoms. The normalized spacial score (nSPS) is 11.7.